The van der Waals surface area contributed by atoms with Crippen molar-refractivity contribution in [2.75, 3.05) is 26.2 Å². The summed E-state index contributed by atoms with van der Waals surface area (Å²) in [5, 5.41) is 9.18. The minimum atomic E-state index is -0.822. The Hall–Kier alpha value is -2.44. The fourth-order valence-corrected chi connectivity index (χ4v) is 3.80. The lowest BCUT2D eigenvalue weighted by Crippen LogP contribution is -2.52. The molecule has 1 N–H and O–H groups in total. The van der Waals surface area contributed by atoms with Gasteiger partial charge in [-0.15, -0.1) is 0 Å². The van der Waals surface area contributed by atoms with Crippen molar-refractivity contribution in [1.82, 2.24) is 9.80 Å². The van der Waals surface area contributed by atoms with E-state index in [4.69, 9.17) is 0 Å². The number of hydrogen-bond acceptors (Lipinski definition) is 3. The number of carboxylic acids is 1. The summed E-state index contributed by atoms with van der Waals surface area (Å²) >= 11 is 0. The van der Waals surface area contributed by atoms with Crippen LogP contribution in [0, 0.1) is 17.7 Å². The molecule has 2 aliphatic rings. The Morgan fingerprint density at radius 2 is 1.50 bits per heavy atom. The van der Waals surface area contributed by atoms with Gasteiger partial charge < -0.3 is 14.9 Å². The summed E-state index contributed by atoms with van der Waals surface area (Å²) in [6.45, 7) is 1.74. The lowest BCUT2D eigenvalue weighted by molar-refractivity contribution is -0.146. The molecule has 1 saturated heterocycles. The molecule has 1 aromatic rings. The maximum Gasteiger partial charge on any atom is 0.306 e. The summed E-state index contributed by atoms with van der Waals surface area (Å²) < 4.78 is 13.0. The first-order chi connectivity index (χ1) is 12.5. The van der Waals surface area contributed by atoms with Gasteiger partial charge in [0.25, 0.3) is 5.91 Å². The Labute approximate surface area is 151 Å². The predicted octanol–water partition coefficient (Wildman–Crippen LogP) is 2.00. The van der Waals surface area contributed by atoms with Crippen molar-refractivity contribution in [3.63, 3.8) is 0 Å². The first-order valence-corrected chi connectivity index (χ1v) is 9.02. The van der Waals surface area contributed by atoms with Crippen LogP contribution in [0.2, 0.25) is 0 Å². The van der Waals surface area contributed by atoms with E-state index in [2.05, 4.69) is 0 Å². The monoisotopic (exact) mass is 362 g/mol. The summed E-state index contributed by atoms with van der Waals surface area (Å²) in [4.78, 5) is 39.7. The molecule has 0 radical (unpaired) electrons. The molecule has 7 heteroatoms. The zero-order valence-corrected chi connectivity index (χ0v) is 14.6. The number of carboxylic acid groups (broad SMARTS) is 1. The van der Waals surface area contributed by atoms with Gasteiger partial charge in [0.05, 0.1) is 5.92 Å². The summed E-state index contributed by atoms with van der Waals surface area (Å²) in [6.07, 6.45) is 2.54. The molecule has 140 valence electrons. The van der Waals surface area contributed by atoms with Gasteiger partial charge in [0, 0.05) is 37.7 Å². The second-order valence-corrected chi connectivity index (χ2v) is 7.02. The van der Waals surface area contributed by atoms with Gasteiger partial charge in [-0.1, -0.05) is 6.42 Å². The molecule has 2 unspecified atom stereocenters. The van der Waals surface area contributed by atoms with Gasteiger partial charge in [-0.3, -0.25) is 14.4 Å². The molecule has 1 aromatic carbocycles. The van der Waals surface area contributed by atoms with Gasteiger partial charge in [-0.25, -0.2) is 4.39 Å². The highest BCUT2D eigenvalue weighted by Gasteiger charge is 2.34. The van der Waals surface area contributed by atoms with E-state index < -0.39 is 11.9 Å². The van der Waals surface area contributed by atoms with Gasteiger partial charge in [0.2, 0.25) is 5.91 Å². The van der Waals surface area contributed by atoms with Crippen molar-refractivity contribution in [3.05, 3.63) is 35.6 Å². The highest BCUT2D eigenvalue weighted by molar-refractivity contribution is 5.94. The molecule has 0 bridgehead atoms. The Kier molecular flexibility index (Phi) is 5.54. The summed E-state index contributed by atoms with van der Waals surface area (Å²) in [5.74, 6) is -2.03. The van der Waals surface area contributed by atoms with E-state index in [1.165, 1.54) is 24.3 Å². The Morgan fingerprint density at radius 3 is 2.12 bits per heavy atom. The van der Waals surface area contributed by atoms with Crippen LogP contribution in [0.1, 0.15) is 36.0 Å². The van der Waals surface area contributed by atoms with Crippen molar-refractivity contribution < 1.29 is 23.9 Å². The maximum absolute atomic E-state index is 13.0. The standard InChI is InChI=1S/C19H23FN2O4/c20-16-6-4-13(5-7-16)17(23)21-8-10-22(11-9-21)18(24)14-2-1-3-15(12-14)19(25)26/h4-7,14-15H,1-3,8-12H2,(H,25,26). The summed E-state index contributed by atoms with van der Waals surface area (Å²) in [7, 11) is 0. The van der Waals surface area contributed by atoms with E-state index in [1.807, 2.05) is 0 Å². The SMILES string of the molecule is O=C(O)C1CCCC(C(=O)N2CCN(C(=O)c3ccc(F)cc3)CC2)C1. The zero-order valence-electron chi connectivity index (χ0n) is 14.6. The molecule has 2 atom stereocenters. The highest BCUT2D eigenvalue weighted by Crippen LogP contribution is 2.30. The molecule has 2 amide bonds. The molecule has 1 aliphatic heterocycles. The number of carbonyl (C=O) groups is 3. The predicted molar refractivity (Wildman–Crippen MR) is 92.0 cm³/mol. The number of amides is 2. The van der Waals surface area contributed by atoms with Crippen LogP contribution in [0.15, 0.2) is 24.3 Å². The van der Waals surface area contributed by atoms with E-state index in [1.54, 1.807) is 9.80 Å². The van der Waals surface area contributed by atoms with Gasteiger partial charge in [0.1, 0.15) is 5.82 Å². The molecular weight excluding hydrogens is 339 g/mol. The quantitative estimate of drug-likeness (QED) is 0.892. The molecular formula is C19H23FN2O4. The average molecular weight is 362 g/mol. The maximum atomic E-state index is 13.0. The number of halogens is 1. The number of aliphatic carboxylic acids is 1. The summed E-state index contributed by atoms with van der Waals surface area (Å²) in [5.41, 5.74) is 0.433. The topological polar surface area (TPSA) is 77.9 Å². The molecule has 0 spiro atoms. The molecule has 1 aliphatic carbocycles. The van der Waals surface area contributed by atoms with Gasteiger partial charge >= 0.3 is 5.97 Å². The average Bonchev–Trinajstić information content (AvgIpc) is 2.67. The van der Waals surface area contributed by atoms with E-state index in [-0.39, 0.29) is 23.5 Å². The lowest BCUT2D eigenvalue weighted by atomic mass is 9.80. The Balaban J connectivity index is 1.54. The number of nitrogens with zero attached hydrogens (tertiary/aromatic N) is 2. The zero-order chi connectivity index (χ0) is 18.7. The molecule has 1 saturated carbocycles. The normalized spacial score (nSPS) is 23.6. The molecule has 3 rings (SSSR count). The molecule has 6 nitrogen and oxygen atoms in total. The molecule has 26 heavy (non-hydrogen) atoms. The largest absolute Gasteiger partial charge is 0.481 e. The van der Waals surface area contributed by atoms with Gasteiger partial charge in [-0.05, 0) is 43.5 Å². The highest BCUT2D eigenvalue weighted by atomic mass is 19.1. The van der Waals surface area contributed by atoms with Gasteiger partial charge in [-0.2, -0.15) is 0 Å². The van der Waals surface area contributed by atoms with Crippen LogP contribution in [0.4, 0.5) is 4.39 Å². The van der Waals surface area contributed by atoms with Crippen LogP contribution < -0.4 is 0 Å². The van der Waals surface area contributed by atoms with E-state index in [0.29, 0.717) is 44.6 Å². The Morgan fingerprint density at radius 1 is 0.923 bits per heavy atom. The van der Waals surface area contributed by atoms with Crippen LogP contribution >= 0.6 is 0 Å². The third-order valence-corrected chi connectivity index (χ3v) is 5.34. The van der Waals surface area contributed by atoms with Crippen molar-refractivity contribution in [2.45, 2.75) is 25.7 Å². The second kappa shape index (κ2) is 7.85. The second-order valence-electron chi connectivity index (χ2n) is 7.02. The first kappa shape index (κ1) is 18.4. The van der Waals surface area contributed by atoms with Crippen molar-refractivity contribution in [3.8, 4) is 0 Å². The fourth-order valence-electron chi connectivity index (χ4n) is 3.80. The van der Waals surface area contributed by atoms with Crippen LogP contribution in [0.3, 0.4) is 0 Å². The van der Waals surface area contributed by atoms with Crippen LogP contribution in [0.25, 0.3) is 0 Å². The minimum Gasteiger partial charge on any atom is -0.481 e. The van der Waals surface area contributed by atoms with E-state index >= 15 is 0 Å². The van der Waals surface area contributed by atoms with Crippen molar-refractivity contribution in [2.24, 2.45) is 11.8 Å². The van der Waals surface area contributed by atoms with Crippen LogP contribution in [-0.4, -0.2) is 58.9 Å². The fraction of sp³-hybridized carbons (Fsp3) is 0.526. The molecule has 2 fully saturated rings. The van der Waals surface area contributed by atoms with Crippen molar-refractivity contribution >= 4 is 17.8 Å². The third-order valence-electron chi connectivity index (χ3n) is 5.34. The number of rotatable bonds is 3. The van der Waals surface area contributed by atoms with Crippen LogP contribution in [0.5, 0.6) is 0 Å². The number of hydrogen-bond donors (Lipinski definition) is 1. The smallest absolute Gasteiger partial charge is 0.306 e. The number of benzene rings is 1. The lowest BCUT2D eigenvalue weighted by Gasteiger charge is -2.37. The third kappa shape index (κ3) is 4.03. The van der Waals surface area contributed by atoms with Gasteiger partial charge in [0.15, 0.2) is 0 Å². The molecule has 0 aromatic heterocycles. The Bertz CT molecular complexity index is 683. The molecule has 1 heterocycles. The van der Waals surface area contributed by atoms with Crippen LogP contribution in [-0.2, 0) is 9.59 Å². The van der Waals surface area contributed by atoms with E-state index in [9.17, 15) is 23.9 Å². The minimum absolute atomic E-state index is 0.00447. The first-order valence-electron chi connectivity index (χ1n) is 9.02. The number of piperazine rings is 1. The summed E-state index contributed by atoms with van der Waals surface area (Å²) in [6, 6.07) is 5.44. The van der Waals surface area contributed by atoms with Crippen molar-refractivity contribution in [1.29, 1.82) is 0 Å². The van der Waals surface area contributed by atoms with E-state index in [0.717, 1.165) is 12.8 Å². The number of carbonyl (C=O) groups excluding carboxylic acids is 2.